The zero-order chi connectivity index (χ0) is 21.3. The van der Waals surface area contributed by atoms with Gasteiger partial charge >= 0.3 is 12.1 Å². The second-order valence-corrected chi connectivity index (χ2v) is 6.31. The first kappa shape index (κ1) is 19.6. The fourth-order valence-electron chi connectivity index (χ4n) is 3.22. The summed E-state index contributed by atoms with van der Waals surface area (Å²) in [6.07, 6.45) is -3.29. The molecule has 0 aliphatic heterocycles. The highest BCUT2D eigenvalue weighted by atomic mass is 19.4. The Kier molecular flexibility index (Phi) is 4.94. The van der Waals surface area contributed by atoms with Crippen LogP contribution >= 0.6 is 0 Å². The van der Waals surface area contributed by atoms with Crippen LogP contribution < -0.4 is 0 Å². The Morgan fingerprint density at radius 3 is 2.53 bits per heavy atom. The second-order valence-electron chi connectivity index (χ2n) is 6.31. The van der Waals surface area contributed by atoms with E-state index in [2.05, 4.69) is 15.3 Å². The molecular weight excluding hydrogens is 397 g/mol. The molecule has 0 spiro atoms. The molecule has 2 aromatic carbocycles. The van der Waals surface area contributed by atoms with Crippen molar-refractivity contribution in [3.05, 3.63) is 72.1 Å². The fraction of sp³-hybridized carbons (Fsp3) is 0.143. The van der Waals surface area contributed by atoms with Crippen molar-refractivity contribution in [3.63, 3.8) is 0 Å². The molecule has 0 fully saturated rings. The molecule has 0 N–H and O–H groups in total. The number of ether oxygens (including phenoxy) is 1. The van der Waals surface area contributed by atoms with Crippen molar-refractivity contribution in [2.45, 2.75) is 13.1 Å². The lowest BCUT2D eigenvalue weighted by Gasteiger charge is -2.13. The summed E-state index contributed by atoms with van der Waals surface area (Å²) < 4.78 is 46.8. The smallest absolute Gasteiger partial charge is 0.418 e. The zero-order valence-corrected chi connectivity index (χ0v) is 15.7. The van der Waals surface area contributed by atoms with Gasteiger partial charge in [0.05, 0.1) is 23.4 Å². The van der Waals surface area contributed by atoms with Gasteiger partial charge in [-0.05, 0) is 19.1 Å². The lowest BCUT2D eigenvalue weighted by molar-refractivity contribution is -0.136. The number of alkyl halides is 3. The number of nitrogens with zero attached hydrogens (tertiary/aromatic N) is 4. The van der Waals surface area contributed by atoms with Crippen LogP contribution in [0.5, 0.6) is 0 Å². The van der Waals surface area contributed by atoms with Crippen LogP contribution in [0.25, 0.3) is 27.8 Å². The molecular formula is C21H15F3N4O2. The molecule has 0 bridgehead atoms. The molecule has 0 saturated carbocycles. The van der Waals surface area contributed by atoms with Crippen LogP contribution in [0.3, 0.4) is 0 Å². The lowest BCUT2D eigenvalue weighted by atomic mass is 10.1. The normalized spacial score (nSPS) is 11.6. The van der Waals surface area contributed by atoms with E-state index in [4.69, 9.17) is 4.74 Å². The van der Waals surface area contributed by atoms with E-state index in [9.17, 15) is 18.0 Å². The van der Waals surface area contributed by atoms with Gasteiger partial charge in [-0.2, -0.15) is 13.2 Å². The van der Waals surface area contributed by atoms with Gasteiger partial charge in [-0.15, -0.1) is 5.10 Å². The summed E-state index contributed by atoms with van der Waals surface area (Å²) in [6, 6.07) is 14.2. The maximum Gasteiger partial charge on any atom is 0.418 e. The van der Waals surface area contributed by atoms with Crippen LogP contribution in [-0.2, 0) is 10.9 Å². The van der Waals surface area contributed by atoms with E-state index in [1.165, 1.54) is 29.1 Å². The maximum atomic E-state index is 13.5. The predicted octanol–water partition coefficient (Wildman–Crippen LogP) is 4.68. The molecule has 4 aromatic rings. The monoisotopic (exact) mass is 412 g/mol. The van der Waals surface area contributed by atoms with Gasteiger partial charge in [0.25, 0.3) is 0 Å². The highest BCUT2D eigenvalue weighted by Gasteiger charge is 2.33. The summed E-state index contributed by atoms with van der Waals surface area (Å²) in [5.41, 5.74) is 0.151. The molecule has 0 aliphatic rings. The Morgan fingerprint density at radius 2 is 1.83 bits per heavy atom. The zero-order valence-electron chi connectivity index (χ0n) is 15.7. The number of rotatable bonds is 4. The number of para-hydroxylation sites is 1. The van der Waals surface area contributed by atoms with Crippen molar-refractivity contribution in [2.24, 2.45) is 0 Å². The topological polar surface area (TPSA) is 69.9 Å². The van der Waals surface area contributed by atoms with Crippen LogP contribution in [0.1, 0.15) is 23.0 Å². The summed E-state index contributed by atoms with van der Waals surface area (Å²) in [6.45, 7) is 1.81. The molecule has 0 atom stereocenters. The third-order valence-electron chi connectivity index (χ3n) is 4.47. The van der Waals surface area contributed by atoms with Gasteiger partial charge in [0.1, 0.15) is 5.69 Å². The first-order valence-corrected chi connectivity index (χ1v) is 9.05. The SMILES string of the molecule is CCOC(=O)c1nnn(-c2ccnc3c(C(F)(F)F)cccc23)c1-c1ccccc1. The van der Waals surface area contributed by atoms with Gasteiger partial charge in [0, 0.05) is 17.1 Å². The molecule has 0 radical (unpaired) electrons. The van der Waals surface area contributed by atoms with Gasteiger partial charge in [-0.1, -0.05) is 47.7 Å². The molecule has 30 heavy (non-hydrogen) atoms. The highest BCUT2D eigenvalue weighted by molar-refractivity contribution is 5.96. The van der Waals surface area contributed by atoms with Crippen molar-refractivity contribution in [2.75, 3.05) is 6.61 Å². The lowest BCUT2D eigenvalue weighted by Crippen LogP contribution is -2.09. The number of hydrogen-bond acceptors (Lipinski definition) is 5. The Balaban J connectivity index is 2.00. The minimum atomic E-state index is -4.56. The number of halogens is 3. The largest absolute Gasteiger partial charge is 0.461 e. The Labute approximate surface area is 168 Å². The molecule has 4 rings (SSSR count). The average molecular weight is 412 g/mol. The highest BCUT2D eigenvalue weighted by Crippen LogP contribution is 2.36. The predicted molar refractivity (Wildman–Crippen MR) is 103 cm³/mol. The minimum absolute atomic E-state index is 0.0278. The van der Waals surface area contributed by atoms with E-state index in [-0.39, 0.29) is 23.2 Å². The number of hydrogen-bond donors (Lipinski definition) is 0. The van der Waals surface area contributed by atoms with Gasteiger partial charge in [-0.25, -0.2) is 9.48 Å². The van der Waals surface area contributed by atoms with Gasteiger partial charge in [0.15, 0.2) is 5.69 Å². The number of carbonyl (C=O) groups is 1. The van der Waals surface area contributed by atoms with Crippen molar-refractivity contribution in [1.29, 1.82) is 0 Å². The number of esters is 1. The van der Waals surface area contributed by atoms with Crippen molar-refractivity contribution in [1.82, 2.24) is 20.0 Å². The fourth-order valence-corrected chi connectivity index (χ4v) is 3.22. The first-order chi connectivity index (χ1) is 14.4. The van der Waals surface area contributed by atoms with Crippen molar-refractivity contribution < 1.29 is 22.7 Å². The van der Waals surface area contributed by atoms with E-state index in [0.29, 0.717) is 16.9 Å². The number of fused-ring (bicyclic) bond motifs is 1. The van der Waals surface area contributed by atoms with E-state index >= 15 is 0 Å². The third kappa shape index (κ3) is 3.38. The quantitative estimate of drug-likeness (QED) is 0.455. The summed E-state index contributed by atoms with van der Waals surface area (Å²) in [7, 11) is 0. The molecule has 0 saturated heterocycles. The van der Waals surface area contributed by atoms with E-state index < -0.39 is 17.7 Å². The van der Waals surface area contributed by atoms with Crippen LogP contribution in [0.4, 0.5) is 13.2 Å². The second kappa shape index (κ2) is 7.58. The van der Waals surface area contributed by atoms with Gasteiger partial charge in [0.2, 0.25) is 0 Å². The molecule has 6 nitrogen and oxygen atoms in total. The molecule has 2 heterocycles. The van der Waals surface area contributed by atoms with Crippen LogP contribution in [0.2, 0.25) is 0 Å². The molecule has 9 heteroatoms. The molecule has 0 unspecified atom stereocenters. The molecule has 0 aliphatic carbocycles. The molecule has 2 aromatic heterocycles. The maximum absolute atomic E-state index is 13.5. The van der Waals surface area contributed by atoms with E-state index in [1.807, 2.05) is 0 Å². The summed E-state index contributed by atoms with van der Waals surface area (Å²) in [5.74, 6) is -0.669. The van der Waals surface area contributed by atoms with E-state index in [0.717, 1.165) is 6.07 Å². The van der Waals surface area contributed by atoms with Gasteiger partial charge in [-0.3, -0.25) is 4.98 Å². The Hall–Kier alpha value is -3.75. The van der Waals surface area contributed by atoms with Crippen molar-refractivity contribution in [3.8, 4) is 16.9 Å². The molecule has 152 valence electrons. The first-order valence-electron chi connectivity index (χ1n) is 9.05. The van der Waals surface area contributed by atoms with Crippen LogP contribution in [0, 0.1) is 0 Å². The van der Waals surface area contributed by atoms with E-state index in [1.54, 1.807) is 37.3 Å². The Morgan fingerprint density at radius 1 is 1.07 bits per heavy atom. The van der Waals surface area contributed by atoms with Crippen molar-refractivity contribution >= 4 is 16.9 Å². The number of pyridine rings is 1. The minimum Gasteiger partial charge on any atom is -0.461 e. The Bertz CT molecular complexity index is 1220. The number of benzene rings is 2. The third-order valence-corrected chi connectivity index (χ3v) is 4.47. The summed E-state index contributed by atoms with van der Waals surface area (Å²) in [5, 5.41) is 8.25. The summed E-state index contributed by atoms with van der Waals surface area (Å²) >= 11 is 0. The van der Waals surface area contributed by atoms with Crippen LogP contribution in [-0.4, -0.2) is 32.6 Å². The molecule has 0 amide bonds. The van der Waals surface area contributed by atoms with Crippen LogP contribution in [0.15, 0.2) is 60.8 Å². The number of carbonyl (C=O) groups excluding carboxylic acids is 1. The average Bonchev–Trinajstić information content (AvgIpc) is 3.18. The standard InChI is InChI=1S/C21H15F3N4O2/c1-2-30-20(29)18-19(13-7-4-3-5-8-13)28(27-26-18)16-11-12-25-17-14(16)9-6-10-15(17)21(22,23)24/h3-12H,2H2,1H3. The number of aromatic nitrogens is 4. The summed E-state index contributed by atoms with van der Waals surface area (Å²) in [4.78, 5) is 16.4. The van der Waals surface area contributed by atoms with Gasteiger partial charge < -0.3 is 4.74 Å².